The van der Waals surface area contributed by atoms with Crippen molar-refractivity contribution in [3.63, 3.8) is 0 Å². The van der Waals surface area contributed by atoms with Crippen molar-refractivity contribution in [2.45, 2.75) is 13.1 Å². The molecule has 0 fully saturated rings. The molecule has 1 aromatic rings. The van der Waals surface area contributed by atoms with Crippen molar-refractivity contribution in [2.75, 3.05) is 6.61 Å². The number of carboxylic acid groups (broad SMARTS) is 1. The molecule has 0 atom stereocenters. The lowest BCUT2D eigenvalue weighted by atomic mass is 10.1. The third-order valence-corrected chi connectivity index (χ3v) is 2.03. The summed E-state index contributed by atoms with van der Waals surface area (Å²) in [6.07, 6.45) is -2.68. The Labute approximate surface area is 101 Å². The van der Waals surface area contributed by atoms with E-state index in [2.05, 4.69) is 0 Å². The van der Waals surface area contributed by atoms with Crippen LogP contribution in [-0.4, -0.2) is 17.7 Å². The molecule has 1 aromatic carbocycles. The van der Waals surface area contributed by atoms with Crippen LogP contribution in [0, 0.1) is 0 Å². The van der Waals surface area contributed by atoms with E-state index in [1.165, 1.54) is 12.1 Å². The summed E-state index contributed by atoms with van der Waals surface area (Å²) in [6, 6.07) is 3.39. The zero-order valence-electron chi connectivity index (χ0n) is 9.49. The minimum Gasteiger partial charge on any atom is -0.493 e. The highest BCUT2D eigenvalue weighted by Crippen LogP contribution is 2.37. The zero-order valence-corrected chi connectivity index (χ0v) is 9.49. The number of benzene rings is 1. The number of halogens is 3. The molecule has 6 heteroatoms. The summed E-state index contributed by atoms with van der Waals surface area (Å²) in [7, 11) is 0. The van der Waals surface area contributed by atoms with Crippen LogP contribution in [0.15, 0.2) is 24.3 Å². The average Bonchev–Trinajstić information content (AvgIpc) is 2.26. The van der Waals surface area contributed by atoms with E-state index in [-0.39, 0.29) is 17.9 Å². The molecule has 18 heavy (non-hydrogen) atoms. The van der Waals surface area contributed by atoms with Crippen molar-refractivity contribution in [3.8, 4) is 5.75 Å². The molecule has 0 aliphatic rings. The lowest BCUT2D eigenvalue weighted by Gasteiger charge is -2.13. The van der Waals surface area contributed by atoms with Crippen molar-refractivity contribution in [3.05, 3.63) is 35.4 Å². The Morgan fingerprint density at radius 1 is 1.44 bits per heavy atom. The summed E-state index contributed by atoms with van der Waals surface area (Å²) in [5.74, 6) is -1.49. The van der Waals surface area contributed by atoms with Gasteiger partial charge in [0.05, 0.1) is 12.2 Å². The van der Waals surface area contributed by atoms with Crippen molar-refractivity contribution >= 4 is 12.0 Å². The molecular weight excluding hydrogens is 249 g/mol. The smallest absolute Gasteiger partial charge is 0.419 e. The van der Waals surface area contributed by atoms with E-state index in [1.54, 1.807) is 6.92 Å². The van der Waals surface area contributed by atoms with Gasteiger partial charge in [-0.3, -0.25) is 0 Å². The first-order chi connectivity index (χ1) is 8.34. The molecule has 0 radical (unpaired) electrons. The second kappa shape index (κ2) is 5.57. The quantitative estimate of drug-likeness (QED) is 0.845. The minimum absolute atomic E-state index is 0.118. The molecule has 0 bridgehead atoms. The molecule has 0 aliphatic heterocycles. The average molecular weight is 260 g/mol. The first-order valence-electron chi connectivity index (χ1n) is 5.09. The SMILES string of the molecule is CCOc1ccc(/C=C/C(=O)O)cc1C(F)(F)F. The first-order valence-corrected chi connectivity index (χ1v) is 5.09. The Balaban J connectivity index is 3.17. The fourth-order valence-electron chi connectivity index (χ4n) is 1.32. The molecule has 0 aliphatic carbocycles. The topological polar surface area (TPSA) is 46.5 Å². The van der Waals surface area contributed by atoms with Crippen LogP contribution in [0.25, 0.3) is 6.08 Å². The van der Waals surface area contributed by atoms with Crippen LogP contribution in [0.2, 0.25) is 0 Å². The van der Waals surface area contributed by atoms with Crippen molar-refractivity contribution < 1.29 is 27.8 Å². The molecule has 0 aromatic heterocycles. The Kier molecular flexibility index (Phi) is 4.36. The maximum Gasteiger partial charge on any atom is 0.419 e. The van der Waals surface area contributed by atoms with Crippen LogP contribution in [-0.2, 0) is 11.0 Å². The number of carbonyl (C=O) groups is 1. The summed E-state index contributed by atoms with van der Waals surface area (Å²) in [6.45, 7) is 1.70. The molecule has 1 rings (SSSR count). The predicted octanol–water partition coefficient (Wildman–Crippen LogP) is 3.20. The summed E-state index contributed by atoms with van der Waals surface area (Å²) in [5.41, 5.74) is -0.773. The van der Waals surface area contributed by atoms with Crippen molar-refractivity contribution in [1.82, 2.24) is 0 Å². The Bertz CT molecular complexity index is 464. The summed E-state index contributed by atoms with van der Waals surface area (Å²) >= 11 is 0. The van der Waals surface area contributed by atoms with E-state index >= 15 is 0 Å². The summed E-state index contributed by atoms with van der Waals surface area (Å²) in [4.78, 5) is 10.3. The molecule has 0 amide bonds. The van der Waals surface area contributed by atoms with Crippen LogP contribution in [0.3, 0.4) is 0 Å². The number of ether oxygens (including phenoxy) is 1. The van der Waals surface area contributed by atoms with Gasteiger partial charge in [-0.05, 0) is 30.7 Å². The highest BCUT2D eigenvalue weighted by atomic mass is 19.4. The van der Waals surface area contributed by atoms with Gasteiger partial charge in [-0.15, -0.1) is 0 Å². The van der Waals surface area contributed by atoms with Gasteiger partial charge in [-0.1, -0.05) is 6.07 Å². The fourth-order valence-corrected chi connectivity index (χ4v) is 1.32. The van der Waals surface area contributed by atoms with E-state index in [0.29, 0.717) is 0 Å². The van der Waals surface area contributed by atoms with Gasteiger partial charge >= 0.3 is 12.1 Å². The van der Waals surface area contributed by atoms with Crippen LogP contribution in [0.1, 0.15) is 18.1 Å². The van der Waals surface area contributed by atoms with E-state index < -0.39 is 17.7 Å². The van der Waals surface area contributed by atoms with Gasteiger partial charge in [-0.2, -0.15) is 13.2 Å². The molecule has 0 heterocycles. The second-order valence-electron chi connectivity index (χ2n) is 3.36. The van der Waals surface area contributed by atoms with E-state index in [1.807, 2.05) is 0 Å². The maximum absolute atomic E-state index is 12.7. The minimum atomic E-state index is -4.54. The zero-order chi connectivity index (χ0) is 13.8. The van der Waals surface area contributed by atoms with Crippen molar-refractivity contribution in [2.24, 2.45) is 0 Å². The highest BCUT2D eigenvalue weighted by Gasteiger charge is 2.34. The van der Waals surface area contributed by atoms with Gasteiger partial charge in [0.25, 0.3) is 0 Å². The van der Waals surface area contributed by atoms with Gasteiger partial charge in [0, 0.05) is 6.08 Å². The second-order valence-corrected chi connectivity index (χ2v) is 3.36. The van der Waals surface area contributed by atoms with Crippen molar-refractivity contribution in [1.29, 1.82) is 0 Å². The number of alkyl halides is 3. The standard InChI is InChI=1S/C12H11F3O3/c1-2-18-10-5-3-8(4-6-11(16)17)7-9(10)12(13,14)15/h3-7H,2H2,1H3,(H,16,17)/b6-4+. The van der Waals surface area contributed by atoms with Crippen LogP contribution in [0.4, 0.5) is 13.2 Å². The molecule has 0 saturated carbocycles. The van der Waals surface area contributed by atoms with Crippen LogP contribution < -0.4 is 4.74 Å². The van der Waals surface area contributed by atoms with Gasteiger partial charge in [0.2, 0.25) is 0 Å². The van der Waals surface area contributed by atoms with Crippen LogP contribution in [0.5, 0.6) is 5.75 Å². The van der Waals surface area contributed by atoms with E-state index in [0.717, 1.165) is 18.2 Å². The summed E-state index contributed by atoms with van der Waals surface area (Å²) in [5, 5.41) is 8.41. The molecule has 98 valence electrons. The molecule has 0 saturated heterocycles. The number of aliphatic carboxylic acids is 1. The van der Waals surface area contributed by atoms with Gasteiger partial charge in [0.15, 0.2) is 0 Å². The number of carboxylic acids is 1. The number of hydrogen-bond donors (Lipinski definition) is 1. The van der Waals surface area contributed by atoms with Gasteiger partial charge in [0.1, 0.15) is 5.75 Å². The molecule has 3 nitrogen and oxygen atoms in total. The number of rotatable bonds is 4. The Morgan fingerprint density at radius 2 is 2.11 bits per heavy atom. The van der Waals surface area contributed by atoms with E-state index in [4.69, 9.17) is 9.84 Å². The third-order valence-electron chi connectivity index (χ3n) is 2.03. The van der Waals surface area contributed by atoms with Gasteiger partial charge < -0.3 is 9.84 Å². The molecular formula is C12H11F3O3. The van der Waals surface area contributed by atoms with Gasteiger partial charge in [-0.25, -0.2) is 4.79 Å². The Morgan fingerprint density at radius 3 is 2.61 bits per heavy atom. The highest BCUT2D eigenvalue weighted by molar-refractivity contribution is 5.85. The molecule has 0 spiro atoms. The summed E-state index contributed by atoms with van der Waals surface area (Å²) < 4.78 is 43.1. The number of hydrogen-bond acceptors (Lipinski definition) is 2. The Hall–Kier alpha value is -1.98. The van der Waals surface area contributed by atoms with E-state index in [9.17, 15) is 18.0 Å². The predicted molar refractivity (Wildman–Crippen MR) is 59.3 cm³/mol. The monoisotopic (exact) mass is 260 g/mol. The lowest BCUT2D eigenvalue weighted by Crippen LogP contribution is -2.09. The normalized spacial score (nSPS) is 11.8. The third kappa shape index (κ3) is 3.80. The largest absolute Gasteiger partial charge is 0.493 e. The first kappa shape index (κ1) is 14.1. The molecule has 1 N–H and O–H groups in total. The fraction of sp³-hybridized carbons (Fsp3) is 0.250. The van der Waals surface area contributed by atoms with Crippen LogP contribution >= 0.6 is 0 Å². The maximum atomic E-state index is 12.7. The lowest BCUT2D eigenvalue weighted by molar-refractivity contribution is -0.139. The molecule has 0 unspecified atom stereocenters.